The van der Waals surface area contributed by atoms with Crippen LogP contribution >= 0.6 is 0 Å². The molecule has 2 atom stereocenters. The van der Waals surface area contributed by atoms with Gasteiger partial charge in [-0.05, 0) is 43.2 Å². The van der Waals surface area contributed by atoms with Gasteiger partial charge in [0, 0.05) is 48.9 Å². The summed E-state index contributed by atoms with van der Waals surface area (Å²) in [4.78, 5) is 25.7. The summed E-state index contributed by atoms with van der Waals surface area (Å²) >= 11 is 0. The molecule has 2 aromatic carbocycles. The molecule has 33 heavy (non-hydrogen) atoms. The predicted molar refractivity (Wildman–Crippen MR) is 125 cm³/mol. The van der Waals surface area contributed by atoms with Crippen LogP contribution in [0.1, 0.15) is 22.3 Å². The van der Waals surface area contributed by atoms with Gasteiger partial charge in [0.25, 0.3) is 6.01 Å². The molecule has 0 aliphatic carbocycles. The van der Waals surface area contributed by atoms with E-state index in [0.717, 1.165) is 54.8 Å². The number of hydrogen-bond acceptors (Lipinski definition) is 6. The van der Waals surface area contributed by atoms with E-state index >= 15 is 0 Å². The second-order valence-electron chi connectivity index (χ2n) is 8.85. The first-order chi connectivity index (χ1) is 16.1. The van der Waals surface area contributed by atoms with E-state index in [9.17, 15) is 9.18 Å². The van der Waals surface area contributed by atoms with E-state index in [0.29, 0.717) is 28.6 Å². The molecule has 0 unspecified atom stereocenters. The summed E-state index contributed by atoms with van der Waals surface area (Å²) in [7, 11) is 0. The van der Waals surface area contributed by atoms with E-state index in [2.05, 4.69) is 25.8 Å². The van der Waals surface area contributed by atoms with Crippen molar-refractivity contribution >= 4 is 29.1 Å². The highest BCUT2D eigenvalue weighted by molar-refractivity contribution is 5.95. The number of aromatic nitrogens is 2. The van der Waals surface area contributed by atoms with Crippen molar-refractivity contribution in [3.8, 4) is 11.3 Å². The number of hydrogen-bond donors (Lipinski definition) is 0. The van der Waals surface area contributed by atoms with Crippen LogP contribution in [-0.4, -0.2) is 41.9 Å². The quantitative estimate of drug-likeness (QED) is 0.421. The van der Waals surface area contributed by atoms with Crippen LogP contribution in [0.25, 0.3) is 22.4 Å². The maximum Gasteiger partial charge on any atom is 0.298 e. The molecule has 6 nitrogen and oxygen atoms in total. The lowest BCUT2D eigenvalue weighted by atomic mass is 9.80. The monoisotopic (exact) mass is 442 g/mol. The Morgan fingerprint density at radius 3 is 2.88 bits per heavy atom. The van der Waals surface area contributed by atoms with Gasteiger partial charge in [-0.15, -0.1) is 0 Å². The van der Waals surface area contributed by atoms with Crippen molar-refractivity contribution in [2.45, 2.75) is 19.4 Å². The van der Waals surface area contributed by atoms with E-state index in [-0.39, 0.29) is 11.9 Å². The van der Waals surface area contributed by atoms with E-state index in [4.69, 9.17) is 4.42 Å². The minimum atomic E-state index is -0.323. The second kappa shape index (κ2) is 7.69. The fraction of sp³-hybridized carbons (Fsp3) is 0.269. The molecule has 2 aliphatic rings. The fourth-order valence-corrected chi connectivity index (χ4v) is 5.21. The van der Waals surface area contributed by atoms with Gasteiger partial charge < -0.3 is 14.2 Å². The highest BCUT2D eigenvalue weighted by Crippen LogP contribution is 2.42. The lowest BCUT2D eigenvalue weighted by Crippen LogP contribution is -2.65. The van der Waals surface area contributed by atoms with E-state index in [1.807, 2.05) is 31.2 Å². The molecule has 4 aromatic rings. The molecule has 4 heterocycles. The predicted octanol–water partition coefficient (Wildman–Crippen LogP) is 4.86. The van der Waals surface area contributed by atoms with Crippen LogP contribution in [0.5, 0.6) is 0 Å². The number of anilines is 2. The van der Waals surface area contributed by atoms with Gasteiger partial charge in [0.05, 0.1) is 17.4 Å². The molecule has 0 saturated carbocycles. The number of benzene rings is 2. The third-order valence-corrected chi connectivity index (χ3v) is 6.93. The van der Waals surface area contributed by atoms with E-state index < -0.39 is 0 Å². The number of carbonyl (C=O) groups is 1. The number of pyridine rings is 1. The number of rotatable bonds is 4. The van der Waals surface area contributed by atoms with Crippen molar-refractivity contribution < 1.29 is 13.6 Å². The van der Waals surface area contributed by atoms with Crippen molar-refractivity contribution in [2.24, 2.45) is 5.92 Å². The summed E-state index contributed by atoms with van der Waals surface area (Å²) in [5.41, 5.74) is 5.49. The summed E-state index contributed by atoms with van der Waals surface area (Å²) in [6.07, 6.45) is 3.72. The zero-order valence-electron chi connectivity index (χ0n) is 18.2. The maximum atomic E-state index is 13.6. The zero-order valence-corrected chi connectivity index (χ0v) is 18.2. The largest absolute Gasteiger partial charge is 0.423 e. The average Bonchev–Trinajstić information content (AvgIpc) is 3.24. The fourth-order valence-electron chi connectivity index (χ4n) is 5.21. The molecule has 0 bridgehead atoms. The Kier molecular flexibility index (Phi) is 4.64. The first-order valence-corrected chi connectivity index (χ1v) is 11.2. The van der Waals surface area contributed by atoms with Gasteiger partial charge >= 0.3 is 0 Å². The van der Waals surface area contributed by atoms with Gasteiger partial charge in [0.2, 0.25) is 0 Å². The van der Waals surface area contributed by atoms with Crippen LogP contribution in [0.15, 0.2) is 59.1 Å². The van der Waals surface area contributed by atoms with Gasteiger partial charge in [0.15, 0.2) is 11.9 Å². The Balaban J connectivity index is 1.33. The lowest BCUT2D eigenvalue weighted by Gasteiger charge is -2.55. The van der Waals surface area contributed by atoms with Crippen LogP contribution in [0.4, 0.5) is 16.1 Å². The topological polar surface area (TPSA) is 62.5 Å². The van der Waals surface area contributed by atoms with Gasteiger partial charge in [-0.3, -0.25) is 9.78 Å². The number of nitrogens with zero attached hydrogens (tertiary/aromatic N) is 4. The smallest absolute Gasteiger partial charge is 0.298 e. The van der Waals surface area contributed by atoms with Gasteiger partial charge in [-0.1, -0.05) is 18.2 Å². The summed E-state index contributed by atoms with van der Waals surface area (Å²) in [5.74, 6) is 0.233. The van der Waals surface area contributed by atoms with Crippen molar-refractivity contribution in [2.75, 3.05) is 29.4 Å². The maximum absolute atomic E-state index is 13.6. The number of carbonyl (C=O) groups excluding carboxylic acids is 1. The lowest BCUT2D eigenvalue weighted by molar-refractivity contribution is 0.112. The second-order valence-corrected chi connectivity index (χ2v) is 8.85. The molecule has 0 N–H and O–H groups in total. The van der Waals surface area contributed by atoms with Crippen LogP contribution in [0.2, 0.25) is 0 Å². The Morgan fingerprint density at radius 1 is 1.15 bits per heavy atom. The molecule has 6 rings (SSSR count). The van der Waals surface area contributed by atoms with Gasteiger partial charge in [0.1, 0.15) is 11.3 Å². The van der Waals surface area contributed by atoms with E-state index in [1.165, 1.54) is 12.1 Å². The highest BCUT2D eigenvalue weighted by Gasteiger charge is 2.44. The molecule has 2 fully saturated rings. The minimum Gasteiger partial charge on any atom is -0.423 e. The first-order valence-electron chi connectivity index (χ1n) is 11.2. The first kappa shape index (κ1) is 19.9. The molecule has 0 spiro atoms. The van der Waals surface area contributed by atoms with E-state index in [1.54, 1.807) is 12.3 Å². The molecule has 2 aromatic heterocycles. The molecule has 0 radical (unpaired) electrons. The third-order valence-electron chi connectivity index (χ3n) is 6.93. The highest BCUT2D eigenvalue weighted by atomic mass is 19.1. The number of fused-ring (bicyclic) bond motifs is 2. The molecule has 0 amide bonds. The Hall–Kier alpha value is -3.74. The Morgan fingerprint density at radius 2 is 2.06 bits per heavy atom. The number of halogens is 1. The molecular weight excluding hydrogens is 419 g/mol. The van der Waals surface area contributed by atoms with Crippen molar-refractivity contribution in [3.05, 3.63) is 71.7 Å². The zero-order chi connectivity index (χ0) is 22.5. The normalized spacial score (nSPS) is 19.9. The van der Waals surface area contributed by atoms with Crippen LogP contribution in [0, 0.1) is 18.7 Å². The van der Waals surface area contributed by atoms with Crippen LogP contribution in [0.3, 0.4) is 0 Å². The molecule has 7 heteroatoms. The van der Waals surface area contributed by atoms with Crippen LogP contribution < -0.4 is 9.80 Å². The summed E-state index contributed by atoms with van der Waals surface area (Å²) in [5, 5.41) is 0. The number of aryl methyl sites for hydroxylation is 1. The van der Waals surface area contributed by atoms with Crippen molar-refractivity contribution in [1.29, 1.82) is 0 Å². The summed E-state index contributed by atoms with van der Waals surface area (Å²) in [6.45, 7) is 4.56. The standard InChI is InChI=1S/C26H23FN4O2/c1-16-5-7-19(21-4-2-3-10-28-21)20(15-32)25(16)31-13-17-9-11-30(14-23(17)31)26-29-22-12-18(27)6-8-24(22)33-26/h2-8,10,12,15,17,23H,9,11,13-14H2,1H3/t17-,23-/m1/s1. The van der Waals surface area contributed by atoms with Gasteiger partial charge in [-0.2, -0.15) is 4.98 Å². The Bertz CT molecular complexity index is 1350. The van der Waals surface area contributed by atoms with Crippen LogP contribution in [-0.2, 0) is 0 Å². The van der Waals surface area contributed by atoms with Crippen molar-refractivity contribution in [1.82, 2.24) is 9.97 Å². The molecule has 2 saturated heterocycles. The summed E-state index contributed by atoms with van der Waals surface area (Å²) in [6, 6.07) is 15.0. The number of oxazole rings is 1. The minimum absolute atomic E-state index is 0.252. The van der Waals surface area contributed by atoms with Crippen molar-refractivity contribution in [3.63, 3.8) is 0 Å². The summed E-state index contributed by atoms with van der Waals surface area (Å²) < 4.78 is 19.5. The SMILES string of the molecule is Cc1ccc(-c2ccccn2)c(C=O)c1N1C[C@H]2CCN(c3nc4cc(F)ccc4o3)C[C@H]21. The molecule has 166 valence electrons. The number of aldehydes is 1. The Labute approximate surface area is 190 Å². The van der Waals surface area contributed by atoms with Gasteiger partial charge in [-0.25, -0.2) is 4.39 Å². The molecular formula is C26H23FN4O2. The third kappa shape index (κ3) is 3.26. The molecule has 2 aliphatic heterocycles. The number of piperidine rings is 1. The average molecular weight is 442 g/mol.